The van der Waals surface area contributed by atoms with Crippen LogP contribution >= 0.6 is 0 Å². The summed E-state index contributed by atoms with van der Waals surface area (Å²) >= 11 is -0.404. The van der Waals surface area contributed by atoms with Crippen LogP contribution in [0.5, 0.6) is 0 Å². The second-order valence-electron chi connectivity index (χ2n) is 5.20. The number of oxazole rings is 2. The van der Waals surface area contributed by atoms with Gasteiger partial charge in [0.05, 0.1) is 0 Å². The van der Waals surface area contributed by atoms with E-state index in [1.807, 2.05) is 13.8 Å². The van der Waals surface area contributed by atoms with E-state index in [2.05, 4.69) is 34.2 Å². The second-order valence-corrected chi connectivity index (χ2v) is 8.29. The van der Waals surface area contributed by atoms with Gasteiger partial charge >= 0.3 is 129 Å². The summed E-state index contributed by atoms with van der Waals surface area (Å²) in [7, 11) is 0. The average molecular weight is 390 g/mol. The van der Waals surface area contributed by atoms with Crippen LogP contribution in [0.4, 0.5) is 0 Å². The third-order valence-corrected chi connectivity index (χ3v) is 6.89. The molecular formula is C16H10N2O2Te. The Hall–Kier alpha value is -1.83. The van der Waals surface area contributed by atoms with E-state index in [0.717, 1.165) is 34.0 Å². The minimum absolute atomic E-state index is 0.404. The molecular weight excluding hydrogens is 380 g/mol. The number of nitrogens with zero attached hydrogens (tertiary/aromatic N) is 2. The molecule has 2 aromatic carbocycles. The minimum atomic E-state index is -0.404. The van der Waals surface area contributed by atoms with Crippen molar-refractivity contribution in [2.75, 3.05) is 0 Å². The summed E-state index contributed by atoms with van der Waals surface area (Å²) in [5.41, 5.74) is 3.65. The van der Waals surface area contributed by atoms with E-state index >= 15 is 0 Å². The van der Waals surface area contributed by atoms with Crippen molar-refractivity contribution in [3.8, 4) is 0 Å². The number of benzene rings is 2. The summed E-state index contributed by atoms with van der Waals surface area (Å²) < 4.78 is 14.1. The SMILES string of the molecule is Cc1nc2cc3c(cc2o1)[te]c1cc2oc(C)nc2cc13. The Morgan fingerprint density at radius 1 is 0.762 bits per heavy atom. The van der Waals surface area contributed by atoms with Crippen LogP contribution in [0, 0.1) is 13.8 Å². The van der Waals surface area contributed by atoms with Gasteiger partial charge in [0.2, 0.25) is 0 Å². The van der Waals surface area contributed by atoms with E-state index in [9.17, 15) is 0 Å². The van der Waals surface area contributed by atoms with Crippen LogP contribution in [0.1, 0.15) is 11.8 Å². The number of hydrogen-bond donors (Lipinski definition) is 0. The Balaban J connectivity index is 1.97. The molecule has 0 unspecified atom stereocenters. The monoisotopic (exact) mass is 392 g/mol. The molecule has 21 heavy (non-hydrogen) atoms. The molecule has 0 radical (unpaired) electrons. The van der Waals surface area contributed by atoms with Gasteiger partial charge in [0, 0.05) is 0 Å². The summed E-state index contributed by atoms with van der Waals surface area (Å²) in [5.74, 6) is 1.44. The third kappa shape index (κ3) is 1.62. The van der Waals surface area contributed by atoms with Crippen molar-refractivity contribution in [1.29, 1.82) is 0 Å². The molecule has 4 nitrogen and oxygen atoms in total. The molecule has 0 fully saturated rings. The fourth-order valence-electron chi connectivity index (χ4n) is 2.85. The van der Waals surface area contributed by atoms with Crippen molar-refractivity contribution in [3.05, 3.63) is 36.0 Å². The van der Waals surface area contributed by atoms with Gasteiger partial charge in [-0.1, -0.05) is 0 Å². The van der Waals surface area contributed by atoms with Gasteiger partial charge in [-0.05, 0) is 0 Å². The first-order valence-electron chi connectivity index (χ1n) is 6.68. The molecule has 5 aromatic rings. The van der Waals surface area contributed by atoms with Gasteiger partial charge in [-0.2, -0.15) is 0 Å². The molecule has 0 saturated heterocycles. The topological polar surface area (TPSA) is 52.1 Å². The van der Waals surface area contributed by atoms with Crippen molar-refractivity contribution >= 4 is 60.2 Å². The van der Waals surface area contributed by atoms with Crippen LogP contribution in [0.25, 0.3) is 39.8 Å². The molecule has 0 amide bonds. The van der Waals surface area contributed by atoms with Crippen LogP contribution in [-0.4, -0.2) is 30.4 Å². The molecule has 3 aromatic heterocycles. The van der Waals surface area contributed by atoms with Crippen molar-refractivity contribution in [3.63, 3.8) is 0 Å². The normalized spacial score (nSPS) is 12.3. The van der Waals surface area contributed by atoms with Crippen LogP contribution < -0.4 is 0 Å². The molecule has 0 saturated carbocycles. The van der Waals surface area contributed by atoms with Gasteiger partial charge in [0.15, 0.2) is 0 Å². The quantitative estimate of drug-likeness (QED) is 0.376. The molecule has 0 aliphatic rings. The fourth-order valence-corrected chi connectivity index (χ4v) is 6.06. The van der Waals surface area contributed by atoms with Crippen LogP contribution in [0.15, 0.2) is 33.1 Å². The molecule has 0 N–H and O–H groups in total. The Kier molecular flexibility index (Phi) is 2.18. The average Bonchev–Trinajstić information content (AvgIpc) is 3.05. The number of aromatic nitrogens is 2. The van der Waals surface area contributed by atoms with Gasteiger partial charge in [-0.15, -0.1) is 0 Å². The molecule has 0 bridgehead atoms. The van der Waals surface area contributed by atoms with Gasteiger partial charge in [-0.25, -0.2) is 0 Å². The molecule has 3 heterocycles. The number of fused-ring (bicyclic) bond motifs is 5. The summed E-state index contributed by atoms with van der Waals surface area (Å²) in [4.78, 5) is 8.89. The predicted octanol–water partition coefficient (Wildman–Crippen LogP) is 3.95. The Morgan fingerprint density at radius 3 is 1.71 bits per heavy atom. The van der Waals surface area contributed by atoms with E-state index in [1.165, 1.54) is 17.6 Å². The standard InChI is InChI=1S/C16H10N2O2Te/c1-7-17-11-3-9-10-4-12-14(20-8(2)18-12)6-16(10)21-15(9)5-13(11)19-7/h3-6H,1-2H3. The maximum atomic E-state index is 5.65. The first-order valence-corrected chi connectivity index (χ1v) is 9.01. The van der Waals surface area contributed by atoms with Gasteiger partial charge in [0.1, 0.15) is 0 Å². The van der Waals surface area contributed by atoms with Crippen molar-refractivity contribution < 1.29 is 8.83 Å². The first-order chi connectivity index (χ1) is 10.2. The summed E-state index contributed by atoms with van der Waals surface area (Å²) in [5, 5.41) is 2.58. The Bertz CT molecular complexity index is 1070. The fraction of sp³-hybridized carbons (Fsp3) is 0.125. The Morgan fingerprint density at radius 2 is 1.24 bits per heavy atom. The van der Waals surface area contributed by atoms with E-state index in [4.69, 9.17) is 8.83 Å². The molecule has 0 aliphatic carbocycles. The third-order valence-electron chi connectivity index (χ3n) is 3.70. The first kappa shape index (κ1) is 11.8. The van der Waals surface area contributed by atoms with E-state index in [0.29, 0.717) is 0 Å². The number of rotatable bonds is 0. The molecule has 5 rings (SSSR count). The van der Waals surface area contributed by atoms with Crippen molar-refractivity contribution in [2.24, 2.45) is 0 Å². The molecule has 0 atom stereocenters. The number of aryl methyl sites for hydroxylation is 2. The van der Waals surface area contributed by atoms with Gasteiger partial charge < -0.3 is 0 Å². The van der Waals surface area contributed by atoms with Crippen LogP contribution in [0.3, 0.4) is 0 Å². The van der Waals surface area contributed by atoms with Gasteiger partial charge in [0.25, 0.3) is 0 Å². The maximum absolute atomic E-state index is 5.65. The molecule has 102 valence electrons. The predicted molar refractivity (Wildman–Crippen MR) is 83.0 cm³/mol. The van der Waals surface area contributed by atoms with Crippen LogP contribution in [-0.2, 0) is 0 Å². The zero-order valence-electron chi connectivity index (χ0n) is 11.4. The van der Waals surface area contributed by atoms with Gasteiger partial charge in [-0.3, -0.25) is 0 Å². The summed E-state index contributed by atoms with van der Waals surface area (Å²) in [6.07, 6.45) is 0. The zero-order valence-corrected chi connectivity index (χ0v) is 13.8. The van der Waals surface area contributed by atoms with E-state index in [-0.39, 0.29) is 0 Å². The number of hydrogen-bond acceptors (Lipinski definition) is 4. The van der Waals surface area contributed by atoms with E-state index < -0.39 is 20.4 Å². The Labute approximate surface area is 129 Å². The van der Waals surface area contributed by atoms with Crippen molar-refractivity contribution in [2.45, 2.75) is 13.8 Å². The molecule has 5 heteroatoms. The van der Waals surface area contributed by atoms with E-state index in [1.54, 1.807) is 0 Å². The van der Waals surface area contributed by atoms with Crippen molar-refractivity contribution in [1.82, 2.24) is 9.97 Å². The molecule has 0 spiro atoms. The van der Waals surface area contributed by atoms with Crippen LogP contribution in [0.2, 0.25) is 0 Å². The second kappa shape index (κ2) is 3.88. The summed E-state index contributed by atoms with van der Waals surface area (Å²) in [6.45, 7) is 3.77. The molecule has 0 aliphatic heterocycles. The summed E-state index contributed by atoms with van der Waals surface area (Å²) in [6, 6.07) is 8.62. The zero-order chi connectivity index (χ0) is 14.1.